The minimum absolute atomic E-state index is 0.00375. The Kier molecular flexibility index (Phi) is 2.52. The van der Waals surface area contributed by atoms with Gasteiger partial charge in [0.2, 0.25) is 0 Å². The molecule has 0 aromatic rings. The van der Waals surface area contributed by atoms with Crippen LogP contribution in [-0.4, -0.2) is 18.5 Å². The van der Waals surface area contributed by atoms with E-state index in [1.165, 1.54) is 0 Å². The third-order valence-electron chi connectivity index (χ3n) is 2.54. The number of hydrogen-bond acceptors (Lipinski definition) is 4. The van der Waals surface area contributed by atoms with Crippen LogP contribution in [-0.2, 0) is 19.1 Å². The van der Waals surface area contributed by atoms with Crippen LogP contribution in [0, 0.1) is 5.92 Å². The molecule has 0 bridgehead atoms. The van der Waals surface area contributed by atoms with Gasteiger partial charge in [-0.05, 0) is 18.4 Å². The highest BCUT2D eigenvalue weighted by molar-refractivity contribution is 5.88. The van der Waals surface area contributed by atoms with Crippen molar-refractivity contribution in [1.29, 1.82) is 0 Å². The van der Waals surface area contributed by atoms with Crippen LogP contribution in [0.1, 0.15) is 25.7 Å². The number of carbonyl (C=O) groups excluding carboxylic acids is 2. The van der Waals surface area contributed by atoms with Gasteiger partial charge in [0.05, 0.1) is 25.7 Å². The van der Waals surface area contributed by atoms with Crippen molar-refractivity contribution in [3.05, 3.63) is 11.8 Å². The third-order valence-corrected chi connectivity index (χ3v) is 2.54. The maximum atomic E-state index is 11.0. The second kappa shape index (κ2) is 3.82. The first-order valence-corrected chi connectivity index (χ1v) is 4.80. The van der Waals surface area contributed by atoms with Gasteiger partial charge in [-0.3, -0.25) is 9.59 Å². The zero-order valence-electron chi connectivity index (χ0n) is 7.82. The van der Waals surface area contributed by atoms with Gasteiger partial charge in [0, 0.05) is 5.92 Å². The zero-order chi connectivity index (χ0) is 9.97. The van der Waals surface area contributed by atoms with Gasteiger partial charge in [0.15, 0.2) is 0 Å². The van der Waals surface area contributed by atoms with E-state index >= 15 is 0 Å². The minimum Gasteiger partial charge on any atom is -0.501 e. The third kappa shape index (κ3) is 1.95. The first-order valence-electron chi connectivity index (χ1n) is 4.80. The second-order valence-corrected chi connectivity index (χ2v) is 3.62. The summed E-state index contributed by atoms with van der Waals surface area (Å²) in [6.07, 6.45) is 4.19. The lowest BCUT2D eigenvalue weighted by Gasteiger charge is -2.24. The molecule has 0 aromatic carbocycles. The standard InChI is InChI=1S/C10H12O4/c11-9-4-8(5-10(12)14-9)7-2-1-3-13-6-7/h6,8H,1-5H2. The summed E-state index contributed by atoms with van der Waals surface area (Å²) in [7, 11) is 0. The molecule has 2 aliphatic rings. The number of esters is 2. The number of carbonyl (C=O) groups is 2. The highest BCUT2D eigenvalue weighted by Crippen LogP contribution is 2.29. The maximum absolute atomic E-state index is 11.0. The molecule has 0 N–H and O–H groups in total. The summed E-state index contributed by atoms with van der Waals surface area (Å²) in [6, 6.07) is 0. The maximum Gasteiger partial charge on any atom is 0.314 e. The Balaban J connectivity index is 2.05. The fourth-order valence-corrected chi connectivity index (χ4v) is 1.83. The molecule has 0 amide bonds. The molecule has 2 rings (SSSR count). The predicted octanol–water partition coefficient (Wildman–Crippen LogP) is 1.16. The van der Waals surface area contributed by atoms with Crippen molar-refractivity contribution in [2.75, 3.05) is 6.61 Å². The van der Waals surface area contributed by atoms with E-state index in [1.54, 1.807) is 6.26 Å². The van der Waals surface area contributed by atoms with Crippen LogP contribution in [0.15, 0.2) is 11.8 Å². The molecule has 14 heavy (non-hydrogen) atoms. The second-order valence-electron chi connectivity index (χ2n) is 3.62. The van der Waals surface area contributed by atoms with Crippen LogP contribution in [0.25, 0.3) is 0 Å². The van der Waals surface area contributed by atoms with Gasteiger partial charge in [-0.1, -0.05) is 0 Å². The lowest BCUT2D eigenvalue weighted by atomic mass is 9.88. The van der Waals surface area contributed by atoms with E-state index in [-0.39, 0.29) is 5.92 Å². The average molecular weight is 196 g/mol. The molecule has 0 saturated carbocycles. The zero-order valence-corrected chi connectivity index (χ0v) is 7.82. The van der Waals surface area contributed by atoms with Gasteiger partial charge in [-0.2, -0.15) is 0 Å². The molecule has 4 heteroatoms. The summed E-state index contributed by atoms with van der Waals surface area (Å²) in [5, 5.41) is 0. The number of rotatable bonds is 1. The summed E-state index contributed by atoms with van der Waals surface area (Å²) in [6.45, 7) is 0.731. The van der Waals surface area contributed by atoms with Gasteiger partial charge < -0.3 is 9.47 Å². The fourth-order valence-electron chi connectivity index (χ4n) is 1.83. The minimum atomic E-state index is -0.419. The van der Waals surface area contributed by atoms with Crippen LogP contribution in [0.4, 0.5) is 0 Å². The number of hydrogen-bond donors (Lipinski definition) is 0. The van der Waals surface area contributed by atoms with Crippen molar-refractivity contribution in [3.8, 4) is 0 Å². The van der Waals surface area contributed by atoms with Crippen LogP contribution in [0.2, 0.25) is 0 Å². The van der Waals surface area contributed by atoms with Crippen molar-refractivity contribution >= 4 is 11.9 Å². The Labute approximate surface area is 81.9 Å². The lowest BCUT2D eigenvalue weighted by molar-refractivity contribution is -0.164. The molecule has 2 heterocycles. The molecule has 0 spiro atoms. The Bertz CT molecular complexity index is 276. The van der Waals surface area contributed by atoms with Crippen molar-refractivity contribution < 1.29 is 19.1 Å². The van der Waals surface area contributed by atoms with E-state index < -0.39 is 11.9 Å². The van der Waals surface area contributed by atoms with Gasteiger partial charge >= 0.3 is 11.9 Å². The molecule has 0 radical (unpaired) electrons. The number of allylic oxidation sites excluding steroid dienone is 1. The molecule has 4 nitrogen and oxygen atoms in total. The molecule has 1 saturated heterocycles. The van der Waals surface area contributed by atoms with Crippen LogP contribution in [0.5, 0.6) is 0 Å². The molecule has 2 aliphatic heterocycles. The molecule has 0 aromatic heterocycles. The molecule has 0 unspecified atom stereocenters. The fraction of sp³-hybridized carbons (Fsp3) is 0.600. The van der Waals surface area contributed by atoms with Crippen LogP contribution >= 0.6 is 0 Å². The Morgan fingerprint density at radius 1 is 1.21 bits per heavy atom. The van der Waals surface area contributed by atoms with Crippen LogP contribution < -0.4 is 0 Å². The van der Waals surface area contributed by atoms with Crippen LogP contribution in [0.3, 0.4) is 0 Å². The van der Waals surface area contributed by atoms with Crippen molar-refractivity contribution in [1.82, 2.24) is 0 Å². The molecular weight excluding hydrogens is 184 g/mol. The smallest absolute Gasteiger partial charge is 0.314 e. The quantitative estimate of drug-likeness (QED) is 0.466. The molecular formula is C10H12O4. The average Bonchev–Trinajstić information content (AvgIpc) is 2.18. The van der Waals surface area contributed by atoms with Crippen molar-refractivity contribution in [3.63, 3.8) is 0 Å². The van der Waals surface area contributed by atoms with E-state index in [4.69, 9.17) is 4.74 Å². The summed E-state index contributed by atoms with van der Waals surface area (Å²) < 4.78 is 9.64. The summed E-state index contributed by atoms with van der Waals surface area (Å²) in [5.74, 6) is -0.834. The van der Waals surface area contributed by atoms with Gasteiger partial charge in [0.1, 0.15) is 0 Å². The van der Waals surface area contributed by atoms with Gasteiger partial charge in [-0.15, -0.1) is 0 Å². The highest BCUT2D eigenvalue weighted by Gasteiger charge is 2.30. The van der Waals surface area contributed by atoms with E-state index in [1.807, 2.05) is 0 Å². The predicted molar refractivity (Wildman–Crippen MR) is 47.1 cm³/mol. The summed E-state index contributed by atoms with van der Waals surface area (Å²) in [5.41, 5.74) is 1.07. The van der Waals surface area contributed by atoms with E-state index in [9.17, 15) is 9.59 Å². The molecule has 1 fully saturated rings. The Morgan fingerprint density at radius 2 is 1.93 bits per heavy atom. The largest absolute Gasteiger partial charge is 0.501 e. The summed E-state index contributed by atoms with van der Waals surface area (Å²) in [4.78, 5) is 22.0. The Morgan fingerprint density at radius 3 is 2.50 bits per heavy atom. The van der Waals surface area contributed by atoms with Crippen molar-refractivity contribution in [2.24, 2.45) is 5.92 Å². The number of ether oxygens (including phenoxy) is 2. The number of cyclic esters (lactones) is 2. The summed E-state index contributed by atoms with van der Waals surface area (Å²) >= 11 is 0. The van der Waals surface area contributed by atoms with E-state index in [0.29, 0.717) is 12.8 Å². The lowest BCUT2D eigenvalue weighted by Crippen LogP contribution is -2.27. The molecule has 0 atom stereocenters. The van der Waals surface area contributed by atoms with Gasteiger partial charge in [0.25, 0.3) is 0 Å². The SMILES string of the molecule is O=C1CC(C2=COCCC2)CC(=O)O1. The first-order chi connectivity index (χ1) is 6.75. The topological polar surface area (TPSA) is 52.6 Å². The Hall–Kier alpha value is -1.32. The van der Waals surface area contributed by atoms with Crippen molar-refractivity contribution in [2.45, 2.75) is 25.7 Å². The molecule has 76 valence electrons. The normalized spacial score (nSPS) is 23.9. The van der Waals surface area contributed by atoms with E-state index in [0.717, 1.165) is 25.0 Å². The van der Waals surface area contributed by atoms with Gasteiger partial charge in [-0.25, -0.2) is 0 Å². The van der Waals surface area contributed by atoms with E-state index in [2.05, 4.69) is 4.74 Å². The monoisotopic (exact) mass is 196 g/mol. The first kappa shape index (κ1) is 9.24. The highest BCUT2D eigenvalue weighted by atomic mass is 16.6. The molecule has 0 aliphatic carbocycles.